The Labute approximate surface area is 103 Å². The summed E-state index contributed by atoms with van der Waals surface area (Å²) >= 11 is 0. The van der Waals surface area contributed by atoms with Crippen LogP contribution >= 0.6 is 0 Å². The first-order valence-corrected chi connectivity index (χ1v) is 6.03. The van der Waals surface area contributed by atoms with Gasteiger partial charge in [0.05, 0.1) is 6.04 Å². The average molecular weight is 244 g/mol. The molecule has 0 aromatic rings. The van der Waals surface area contributed by atoms with Crippen molar-refractivity contribution in [3.05, 3.63) is 0 Å². The molecule has 100 valence electrons. The second kappa shape index (κ2) is 7.27. The van der Waals surface area contributed by atoms with Crippen molar-refractivity contribution in [2.45, 2.75) is 46.2 Å². The third kappa shape index (κ3) is 5.17. The van der Waals surface area contributed by atoms with E-state index in [0.29, 0.717) is 18.9 Å². The fourth-order valence-corrected chi connectivity index (χ4v) is 1.54. The molecule has 0 aromatic heterocycles. The second-order valence-corrected chi connectivity index (χ2v) is 4.74. The van der Waals surface area contributed by atoms with Gasteiger partial charge in [0.2, 0.25) is 5.91 Å². The molecule has 2 N–H and O–H groups in total. The lowest BCUT2D eigenvalue weighted by atomic mass is 10.1. The summed E-state index contributed by atoms with van der Waals surface area (Å²) in [5, 5.41) is 11.8. The van der Waals surface area contributed by atoms with Crippen LogP contribution in [0.1, 0.15) is 34.1 Å². The molecule has 0 aliphatic carbocycles. The molecule has 0 saturated carbocycles. The molecule has 0 rings (SSSR count). The number of carbonyl (C=O) groups is 2. The Morgan fingerprint density at radius 1 is 1.29 bits per heavy atom. The number of rotatable bonds is 7. The lowest BCUT2D eigenvalue weighted by molar-refractivity contribution is -0.144. The average Bonchev–Trinajstić information content (AvgIpc) is 2.24. The number of aliphatic carboxylic acids is 1. The van der Waals surface area contributed by atoms with Gasteiger partial charge in [-0.2, -0.15) is 0 Å². The second-order valence-electron chi connectivity index (χ2n) is 4.74. The van der Waals surface area contributed by atoms with Crippen LogP contribution in [0.15, 0.2) is 0 Å². The van der Waals surface area contributed by atoms with E-state index in [1.54, 1.807) is 25.8 Å². The van der Waals surface area contributed by atoms with Crippen molar-refractivity contribution < 1.29 is 14.7 Å². The van der Waals surface area contributed by atoms with E-state index in [0.717, 1.165) is 0 Å². The van der Waals surface area contributed by atoms with Gasteiger partial charge < -0.3 is 10.4 Å². The van der Waals surface area contributed by atoms with Crippen molar-refractivity contribution in [2.24, 2.45) is 5.92 Å². The van der Waals surface area contributed by atoms with Gasteiger partial charge in [-0.25, -0.2) is 0 Å². The summed E-state index contributed by atoms with van der Waals surface area (Å²) in [4.78, 5) is 24.4. The van der Waals surface area contributed by atoms with E-state index in [-0.39, 0.29) is 5.91 Å². The summed E-state index contributed by atoms with van der Waals surface area (Å²) in [6.07, 6.45) is 0.480. The molecular weight excluding hydrogens is 220 g/mol. The maximum Gasteiger partial charge on any atom is 0.320 e. The summed E-state index contributed by atoms with van der Waals surface area (Å²) in [6, 6.07) is -1.05. The third-order valence-corrected chi connectivity index (χ3v) is 2.84. The summed E-state index contributed by atoms with van der Waals surface area (Å²) in [5.74, 6) is -0.627. The number of nitrogens with one attached hydrogen (secondary N) is 1. The smallest absolute Gasteiger partial charge is 0.320 e. The minimum absolute atomic E-state index is 0.124. The summed E-state index contributed by atoms with van der Waals surface area (Å²) in [7, 11) is 1.67. The minimum Gasteiger partial charge on any atom is -0.480 e. The van der Waals surface area contributed by atoms with Gasteiger partial charge >= 0.3 is 5.97 Å². The number of carbonyl (C=O) groups excluding carboxylic acids is 1. The van der Waals surface area contributed by atoms with Crippen molar-refractivity contribution in [3.63, 3.8) is 0 Å². The normalized spacial score (nSPS) is 14.8. The zero-order chi connectivity index (χ0) is 13.6. The van der Waals surface area contributed by atoms with Crippen LogP contribution in [0.5, 0.6) is 0 Å². The number of carboxylic acid groups (broad SMARTS) is 1. The fourth-order valence-electron chi connectivity index (χ4n) is 1.54. The van der Waals surface area contributed by atoms with Gasteiger partial charge in [-0.05, 0) is 26.3 Å². The molecule has 0 aromatic carbocycles. The Morgan fingerprint density at radius 2 is 1.82 bits per heavy atom. The molecule has 0 fully saturated rings. The van der Waals surface area contributed by atoms with Gasteiger partial charge in [-0.3, -0.25) is 14.5 Å². The van der Waals surface area contributed by atoms with Crippen molar-refractivity contribution in [1.82, 2.24) is 10.2 Å². The van der Waals surface area contributed by atoms with E-state index >= 15 is 0 Å². The molecule has 5 heteroatoms. The Morgan fingerprint density at radius 3 is 2.18 bits per heavy atom. The quantitative estimate of drug-likeness (QED) is 0.699. The highest BCUT2D eigenvalue weighted by Crippen LogP contribution is 2.07. The van der Waals surface area contributed by atoms with Gasteiger partial charge in [0, 0.05) is 6.54 Å². The molecule has 0 bridgehead atoms. The maximum atomic E-state index is 11.8. The van der Waals surface area contributed by atoms with Crippen LogP contribution in [0.25, 0.3) is 0 Å². The molecule has 5 nitrogen and oxygen atoms in total. The maximum absolute atomic E-state index is 11.8. The molecule has 0 aliphatic heterocycles. The predicted molar refractivity (Wildman–Crippen MR) is 66.8 cm³/mol. The molecular formula is C12H24N2O3. The number of amides is 1. The lowest BCUT2D eigenvalue weighted by Gasteiger charge is -2.29. The van der Waals surface area contributed by atoms with Crippen molar-refractivity contribution in [3.8, 4) is 0 Å². The Bertz CT molecular complexity index is 266. The monoisotopic (exact) mass is 244 g/mol. The van der Waals surface area contributed by atoms with Crippen LogP contribution < -0.4 is 5.32 Å². The highest BCUT2D eigenvalue weighted by atomic mass is 16.4. The van der Waals surface area contributed by atoms with E-state index < -0.39 is 18.1 Å². The lowest BCUT2D eigenvalue weighted by Crippen LogP contribution is -2.50. The standard InChI is InChI=1S/C12H24N2O3/c1-6-10(12(16)17)14(5)9(4)11(15)13-7-8(2)3/h8-10H,6-7H2,1-5H3,(H,13,15)(H,16,17). The Balaban J connectivity index is 4.41. The third-order valence-electron chi connectivity index (χ3n) is 2.84. The van der Waals surface area contributed by atoms with Crippen LogP contribution in [-0.2, 0) is 9.59 Å². The van der Waals surface area contributed by atoms with E-state index in [1.807, 2.05) is 13.8 Å². The molecule has 0 radical (unpaired) electrons. The van der Waals surface area contributed by atoms with E-state index in [2.05, 4.69) is 5.32 Å². The molecule has 0 spiro atoms. The van der Waals surface area contributed by atoms with E-state index in [4.69, 9.17) is 5.11 Å². The Hall–Kier alpha value is -1.10. The molecule has 2 atom stereocenters. The minimum atomic E-state index is -0.890. The van der Waals surface area contributed by atoms with Gasteiger partial charge in [0.1, 0.15) is 6.04 Å². The number of hydrogen-bond acceptors (Lipinski definition) is 3. The van der Waals surface area contributed by atoms with Crippen LogP contribution in [0.3, 0.4) is 0 Å². The molecule has 2 unspecified atom stereocenters. The first-order chi connectivity index (χ1) is 7.81. The predicted octanol–water partition coefficient (Wildman–Crippen LogP) is 0.942. The SMILES string of the molecule is CCC(C(=O)O)N(C)C(C)C(=O)NCC(C)C. The summed E-state index contributed by atoms with van der Waals surface area (Å²) < 4.78 is 0. The Kier molecular flexibility index (Phi) is 6.80. The van der Waals surface area contributed by atoms with Crippen molar-refractivity contribution >= 4 is 11.9 Å². The van der Waals surface area contributed by atoms with Crippen LogP contribution in [0.4, 0.5) is 0 Å². The van der Waals surface area contributed by atoms with Gasteiger partial charge in [-0.15, -0.1) is 0 Å². The molecule has 1 amide bonds. The number of likely N-dealkylation sites (N-methyl/N-ethyl adjacent to an activating group) is 1. The summed E-state index contributed by atoms with van der Waals surface area (Å²) in [5.41, 5.74) is 0. The first kappa shape index (κ1) is 15.9. The fraction of sp³-hybridized carbons (Fsp3) is 0.833. The molecule has 17 heavy (non-hydrogen) atoms. The van der Waals surface area contributed by atoms with Crippen LogP contribution in [0, 0.1) is 5.92 Å². The largest absolute Gasteiger partial charge is 0.480 e. The molecule has 0 heterocycles. The number of hydrogen-bond donors (Lipinski definition) is 2. The number of nitrogens with zero attached hydrogens (tertiary/aromatic N) is 1. The van der Waals surface area contributed by atoms with Crippen LogP contribution in [-0.4, -0.2) is 47.6 Å². The van der Waals surface area contributed by atoms with Gasteiger partial charge in [0.15, 0.2) is 0 Å². The van der Waals surface area contributed by atoms with Crippen molar-refractivity contribution in [1.29, 1.82) is 0 Å². The highest BCUT2D eigenvalue weighted by Gasteiger charge is 2.28. The zero-order valence-corrected chi connectivity index (χ0v) is 11.4. The van der Waals surface area contributed by atoms with Crippen molar-refractivity contribution in [2.75, 3.05) is 13.6 Å². The highest BCUT2D eigenvalue weighted by molar-refractivity contribution is 5.82. The molecule has 0 aliphatic rings. The van der Waals surface area contributed by atoms with Crippen LogP contribution in [0.2, 0.25) is 0 Å². The molecule has 0 saturated heterocycles. The van der Waals surface area contributed by atoms with Gasteiger partial charge in [-0.1, -0.05) is 20.8 Å². The van der Waals surface area contributed by atoms with E-state index in [9.17, 15) is 9.59 Å². The van der Waals surface area contributed by atoms with E-state index in [1.165, 1.54) is 0 Å². The first-order valence-electron chi connectivity index (χ1n) is 6.03. The topological polar surface area (TPSA) is 69.6 Å². The van der Waals surface area contributed by atoms with Gasteiger partial charge in [0.25, 0.3) is 0 Å². The number of carboxylic acids is 1. The summed E-state index contributed by atoms with van der Waals surface area (Å²) in [6.45, 7) is 8.16. The zero-order valence-electron chi connectivity index (χ0n) is 11.4.